The number of likely N-dealkylation sites (tertiary alicyclic amines) is 1. The van der Waals surface area contributed by atoms with Crippen LogP contribution in [0.15, 0.2) is 0 Å². The van der Waals surface area contributed by atoms with Crippen molar-refractivity contribution in [1.29, 1.82) is 0 Å². The zero-order chi connectivity index (χ0) is 9.84. The molecule has 0 atom stereocenters. The number of hydrogen-bond donors (Lipinski definition) is 1. The summed E-state index contributed by atoms with van der Waals surface area (Å²) in [6.07, 6.45) is 0. The molecule has 5 heteroatoms. The minimum Gasteiger partial charge on any atom is -0.350 e. The second-order valence-electron chi connectivity index (χ2n) is 2.83. The number of carbonyl (C=O) groups is 2. The molecular formula is C8H9BrN2O2. The molecule has 13 heavy (non-hydrogen) atoms. The highest BCUT2D eigenvalue weighted by atomic mass is 79.9. The van der Waals surface area contributed by atoms with Crippen LogP contribution in [0.4, 0.5) is 0 Å². The molecule has 1 heterocycles. The summed E-state index contributed by atoms with van der Waals surface area (Å²) in [6, 6.07) is 0.0959. The average molecular weight is 245 g/mol. The van der Waals surface area contributed by atoms with Gasteiger partial charge in [-0.15, -0.1) is 0 Å². The van der Waals surface area contributed by atoms with E-state index in [9.17, 15) is 9.59 Å². The molecule has 0 saturated carbocycles. The highest BCUT2D eigenvalue weighted by Gasteiger charge is 2.29. The highest BCUT2D eigenvalue weighted by Crippen LogP contribution is 2.07. The van der Waals surface area contributed by atoms with Crippen molar-refractivity contribution in [2.24, 2.45) is 0 Å². The Balaban J connectivity index is 2.28. The van der Waals surface area contributed by atoms with Gasteiger partial charge in [-0.25, -0.2) is 0 Å². The number of halogens is 1. The van der Waals surface area contributed by atoms with E-state index in [1.165, 1.54) is 6.92 Å². The molecule has 1 saturated heterocycles. The smallest absolute Gasteiger partial charge is 0.299 e. The molecule has 0 aromatic rings. The standard InChI is InChI=1S/C8H9BrN2O2/c1-6(12)10-7-4-11(5-7)8(13)2-3-9/h7H,4-5H2,1H3,(H,10,12). The van der Waals surface area contributed by atoms with E-state index in [1.54, 1.807) is 4.90 Å². The number of nitrogens with zero attached hydrogens (tertiary/aromatic N) is 1. The summed E-state index contributed by atoms with van der Waals surface area (Å²) in [5.74, 6) is 2.09. The predicted octanol–water partition coefficient (Wildman–Crippen LogP) is -0.311. The number of rotatable bonds is 1. The molecule has 0 bridgehead atoms. The Morgan fingerprint density at radius 1 is 1.54 bits per heavy atom. The molecule has 1 N–H and O–H groups in total. The summed E-state index contributed by atoms with van der Waals surface area (Å²) in [6.45, 7) is 2.57. The van der Waals surface area contributed by atoms with Crippen molar-refractivity contribution >= 4 is 27.7 Å². The summed E-state index contributed by atoms with van der Waals surface area (Å²) in [5, 5.41) is 2.71. The van der Waals surface area contributed by atoms with E-state index in [0.29, 0.717) is 13.1 Å². The van der Waals surface area contributed by atoms with Crippen LogP contribution >= 0.6 is 15.9 Å². The molecule has 0 aromatic heterocycles. The van der Waals surface area contributed by atoms with Crippen LogP contribution in [0.5, 0.6) is 0 Å². The molecule has 1 aliphatic rings. The first-order valence-electron chi connectivity index (χ1n) is 3.81. The molecular weight excluding hydrogens is 236 g/mol. The fraction of sp³-hybridized carbons (Fsp3) is 0.500. The molecule has 1 aliphatic heterocycles. The molecule has 0 aromatic carbocycles. The van der Waals surface area contributed by atoms with Gasteiger partial charge in [0, 0.05) is 41.9 Å². The van der Waals surface area contributed by atoms with Crippen LogP contribution in [0.1, 0.15) is 6.92 Å². The van der Waals surface area contributed by atoms with Crippen molar-refractivity contribution < 1.29 is 9.59 Å². The molecule has 0 unspecified atom stereocenters. The maximum absolute atomic E-state index is 11.1. The lowest BCUT2D eigenvalue weighted by Crippen LogP contribution is -2.60. The first-order valence-corrected chi connectivity index (χ1v) is 4.60. The Labute approximate surface area is 84.8 Å². The van der Waals surface area contributed by atoms with Gasteiger partial charge in [-0.3, -0.25) is 9.59 Å². The van der Waals surface area contributed by atoms with E-state index in [-0.39, 0.29) is 17.9 Å². The minimum atomic E-state index is -0.210. The Bertz CT molecular complexity index is 286. The maximum Gasteiger partial charge on any atom is 0.299 e. The molecule has 1 rings (SSSR count). The van der Waals surface area contributed by atoms with Crippen molar-refractivity contribution in [2.45, 2.75) is 13.0 Å². The molecule has 0 radical (unpaired) electrons. The summed E-state index contributed by atoms with van der Waals surface area (Å²) in [4.78, 5) is 25.6. The lowest BCUT2D eigenvalue weighted by molar-refractivity contribution is -0.132. The van der Waals surface area contributed by atoms with Gasteiger partial charge in [-0.1, -0.05) is 0 Å². The van der Waals surface area contributed by atoms with Crippen molar-refractivity contribution in [3.63, 3.8) is 0 Å². The fourth-order valence-corrected chi connectivity index (χ4v) is 1.31. The van der Waals surface area contributed by atoms with Crippen molar-refractivity contribution in [3.05, 3.63) is 0 Å². The number of nitrogens with one attached hydrogen (secondary N) is 1. The predicted molar refractivity (Wildman–Crippen MR) is 50.9 cm³/mol. The van der Waals surface area contributed by atoms with Gasteiger partial charge in [0.15, 0.2) is 0 Å². The first-order chi connectivity index (χ1) is 6.13. The van der Waals surface area contributed by atoms with Crippen molar-refractivity contribution in [2.75, 3.05) is 13.1 Å². The summed E-state index contributed by atoms with van der Waals surface area (Å²) in [7, 11) is 0. The van der Waals surface area contributed by atoms with Gasteiger partial charge < -0.3 is 10.2 Å². The lowest BCUT2D eigenvalue weighted by atomic mass is 10.1. The molecule has 0 aliphatic carbocycles. The second kappa shape index (κ2) is 4.28. The van der Waals surface area contributed by atoms with Gasteiger partial charge in [0.1, 0.15) is 0 Å². The molecule has 1 fully saturated rings. The zero-order valence-corrected chi connectivity index (χ0v) is 8.72. The van der Waals surface area contributed by atoms with Gasteiger partial charge in [0.2, 0.25) is 5.91 Å². The quantitative estimate of drug-likeness (QED) is 0.644. The first kappa shape index (κ1) is 10.1. The monoisotopic (exact) mass is 244 g/mol. The van der Waals surface area contributed by atoms with E-state index in [0.717, 1.165) is 0 Å². The van der Waals surface area contributed by atoms with Crippen LogP contribution in [-0.2, 0) is 9.59 Å². The second-order valence-corrected chi connectivity index (χ2v) is 3.22. The average Bonchev–Trinajstić information content (AvgIpc) is 1.95. The van der Waals surface area contributed by atoms with Crippen LogP contribution in [0.3, 0.4) is 0 Å². The lowest BCUT2D eigenvalue weighted by Gasteiger charge is -2.37. The molecule has 4 nitrogen and oxygen atoms in total. The van der Waals surface area contributed by atoms with Crippen LogP contribution in [0, 0.1) is 10.8 Å². The summed E-state index contributed by atoms with van der Waals surface area (Å²) in [5.41, 5.74) is 0. The molecule has 70 valence electrons. The topological polar surface area (TPSA) is 49.4 Å². The number of hydrogen-bond acceptors (Lipinski definition) is 2. The van der Waals surface area contributed by atoms with Gasteiger partial charge in [0.25, 0.3) is 5.91 Å². The van der Waals surface area contributed by atoms with E-state index in [1.807, 2.05) is 0 Å². The van der Waals surface area contributed by atoms with Gasteiger partial charge in [0.05, 0.1) is 6.04 Å². The number of amides is 2. The Kier molecular flexibility index (Phi) is 3.32. The van der Waals surface area contributed by atoms with E-state index >= 15 is 0 Å². The van der Waals surface area contributed by atoms with Gasteiger partial charge in [-0.2, -0.15) is 0 Å². The Morgan fingerprint density at radius 2 is 2.15 bits per heavy atom. The third-order valence-electron chi connectivity index (χ3n) is 1.73. The van der Waals surface area contributed by atoms with Gasteiger partial charge in [-0.05, 0) is 4.83 Å². The minimum absolute atomic E-state index is 0.0660. The van der Waals surface area contributed by atoms with Crippen molar-refractivity contribution in [1.82, 2.24) is 10.2 Å². The van der Waals surface area contributed by atoms with Gasteiger partial charge >= 0.3 is 0 Å². The largest absolute Gasteiger partial charge is 0.350 e. The Hall–Kier alpha value is -1.02. The zero-order valence-electron chi connectivity index (χ0n) is 7.13. The molecule has 0 spiro atoms. The number of carbonyl (C=O) groups excluding carboxylic acids is 2. The van der Waals surface area contributed by atoms with Crippen LogP contribution in [-0.4, -0.2) is 35.8 Å². The van der Waals surface area contributed by atoms with Crippen LogP contribution in [0.2, 0.25) is 0 Å². The third kappa shape index (κ3) is 2.74. The SMILES string of the molecule is CC(=O)NC1CN(C(=O)C#CBr)C1. The Morgan fingerprint density at radius 3 is 2.62 bits per heavy atom. The van der Waals surface area contributed by atoms with Crippen LogP contribution in [0.25, 0.3) is 0 Å². The van der Waals surface area contributed by atoms with E-state index in [2.05, 4.69) is 32.0 Å². The van der Waals surface area contributed by atoms with Crippen molar-refractivity contribution in [3.8, 4) is 10.8 Å². The van der Waals surface area contributed by atoms with E-state index in [4.69, 9.17) is 0 Å². The highest BCUT2D eigenvalue weighted by molar-refractivity contribution is 9.12. The fourth-order valence-electron chi connectivity index (χ4n) is 1.14. The molecule has 2 amide bonds. The normalized spacial score (nSPS) is 15.4. The summed E-state index contributed by atoms with van der Waals surface area (Å²) < 4.78 is 0. The maximum atomic E-state index is 11.1. The third-order valence-corrected chi connectivity index (χ3v) is 1.93. The van der Waals surface area contributed by atoms with E-state index < -0.39 is 0 Å². The summed E-state index contributed by atoms with van der Waals surface area (Å²) >= 11 is 2.85. The van der Waals surface area contributed by atoms with Crippen LogP contribution < -0.4 is 5.32 Å².